The van der Waals surface area contributed by atoms with Crippen molar-refractivity contribution >= 4 is 10.0 Å². The van der Waals surface area contributed by atoms with E-state index in [0.29, 0.717) is 18.9 Å². The number of nitrogens with two attached hydrogens (primary N) is 1. The molecule has 0 aliphatic heterocycles. The quantitative estimate of drug-likeness (QED) is 0.862. The number of sulfonamides is 1. The molecule has 21 heavy (non-hydrogen) atoms. The fourth-order valence-corrected chi connectivity index (χ4v) is 2.71. The first-order valence-corrected chi connectivity index (χ1v) is 8.08. The summed E-state index contributed by atoms with van der Waals surface area (Å²) >= 11 is 0. The Balaban J connectivity index is 2.12. The van der Waals surface area contributed by atoms with Crippen molar-refractivity contribution in [3.05, 3.63) is 36.2 Å². The molecule has 1 aromatic heterocycles. The molecule has 7 nitrogen and oxygen atoms in total. The highest BCUT2D eigenvalue weighted by Crippen LogP contribution is 2.16. The van der Waals surface area contributed by atoms with E-state index in [4.69, 9.17) is 9.88 Å². The second kappa shape index (κ2) is 6.23. The van der Waals surface area contributed by atoms with Gasteiger partial charge in [0, 0.05) is 12.5 Å². The lowest BCUT2D eigenvalue weighted by molar-refractivity contribution is 0.314. The topological polar surface area (TPSA) is 100 Å². The average Bonchev–Trinajstić information content (AvgIpc) is 2.84. The van der Waals surface area contributed by atoms with Crippen molar-refractivity contribution in [1.29, 1.82) is 0 Å². The van der Waals surface area contributed by atoms with Crippen LogP contribution in [0.5, 0.6) is 5.75 Å². The third-order valence-electron chi connectivity index (χ3n) is 2.84. The van der Waals surface area contributed by atoms with Crippen LogP contribution in [0.1, 0.15) is 25.7 Å². The first kappa shape index (κ1) is 15.5. The van der Waals surface area contributed by atoms with Crippen LogP contribution in [0, 0.1) is 0 Å². The molecule has 0 amide bonds. The number of aromatic nitrogens is 3. The lowest BCUT2D eigenvalue weighted by atomic mass is 10.3. The Kier molecular flexibility index (Phi) is 4.59. The van der Waals surface area contributed by atoms with Crippen LogP contribution >= 0.6 is 0 Å². The summed E-state index contributed by atoms with van der Waals surface area (Å²) in [7, 11) is -3.89. The minimum atomic E-state index is -3.89. The van der Waals surface area contributed by atoms with Crippen molar-refractivity contribution in [3.8, 4) is 5.75 Å². The Morgan fingerprint density at radius 3 is 2.48 bits per heavy atom. The van der Waals surface area contributed by atoms with Gasteiger partial charge in [0.25, 0.3) is 15.2 Å². The number of primary sulfonamides is 1. The van der Waals surface area contributed by atoms with E-state index in [9.17, 15) is 8.42 Å². The van der Waals surface area contributed by atoms with Crippen LogP contribution in [0.3, 0.4) is 0 Å². The second-order valence-electron chi connectivity index (χ2n) is 4.82. The fourth-order valence-electron chi connectivity index (χ4n) is 1.97. The Labute approximate surface area is 123 Å². The average molecular weight is 310 g/mol. The van der Waals surface area contributed by atoms with E-state index >= 15 is 0 Å². The van der Waals surface area contributed by atoms with Gasteiger partial charge < -0.3 is 4.74 Å². The van der Waals surface area contributed by atoms with E-state index < -0.39 is 10.0 Å². The molecule has 0 radical (unpaired) electrons. The summed E-state index contributed by atoms with van der Waals surface area (Å²) in [5.74, 6) is 1.28. The maximum absolute atomic E-state index is 11.5. The molecule has 1 aromatic carbocycles. The molecule has 0 saturated heterocycles. The van der Waals surface area contributed by atoms with Crippen molar-refractivity contribution < 1.29 is 13.2 Å². The molecule has 0 saturated carbocycles. The normalized spacial score (nSPS) is 11.8. The Bertz CT molecular complexity index is 695. The lowest BCUT2D eigenvalue weighted by Crippen LogP contribution is -2.21. The first-order valence-electron chi connectivity index (χ1n) is 6.54. The fraction of sp³-hybridized carbons (Fsp3) is 0.385. The van der Waals surface area contributed by atoms with Crippen molar-refractivity contribution in [2.75, 3.05) is 6.61 Å². The van der Waals surface area contributed by atoms with Crippen LogP contribution in [0.4, 0.5) is 0 Å². The van der Waals surface area contributed by atoms with Crippen molar-refractivity contribution in [2.45, 2.75) is 31.5 Å². The lowest BCUT2D eigenvalue weighted by Gasteiger charge is -2.13. The molecule has 0 spiro atoms. The minimum absolute atomic E-state index is 0.111. The predicted octanol–water partition coefficient (Wildman–Crippen LogP) is 1.13. The highest BCUT2D eigenvalue weighted by molar-refractivity contribution is 7.89. The summed E-state index contributed by atoms with van der Waals surface area (Å²) in [4.78, 5) is 0. The molecule has 0 atom stereocenters. The van der Waals surface area contributed by atoms with Gasteiger partial charge in [-0.05, 0) is 26.0 Å². The van der Waals surface area contributed by atoms with Gasteiger partial charge in [-0.25, -0.2) is 13.6 Å². The van der Waals surface area contributed by atoms with Crippen LogP contribution in [0.15, 0.2) is 35.5 Å². The van der Waals surface area contributed by atoms with Crippen LogP contribution in [0.25, 0.3) is 0 Å². The number of hydrogen-bond acceptors (Lipinski definition) is 5. The molecule has 2 aromatic rings. The molecule has 0 aliphatic rings. The summed E-state index contributed by atoms with van der Waals surface area (Å²) in [6.45, 7) is 4.07. The van der Waals surface area contributed by atoms with Crippen molar-refractivity contribution in [1.82, 2.24) is 14.8 Å². The van der Waals surface area contributed by atoms with Crippen molar-refractivity contribution in [3.63, 3.8) is 0 Å². The molecule has 0 unspecified atom stereocenters. The van der Waals surface area contributed by atoms with Crippen LogP contribution in [0.2, 0.25) is 0 Å². The van der Waals surface area contributed by atoms with E-state index in [0.717, 1.165) is 5.75 Å². The van der Waals surface area contributed by atoms with E-state index in [2.05, 4.69) is 10.2 Å². The molecule has 2 N–H and O–H groups in total. The summed E-state index contributed by atoms with van der Waals surface area (Å²) in [5, 5.41) is 12.5. The van der Waals surface area contributed by atoms with Crippen molar-refractivity contribution in [2.24, 2.45) is 5.14 Å². The molecule has 8 heteroatoms. The number of para-hydroxylation sites is 1. The highest BCUT2D eigenvalue weighted by Gasteiger charge is 2.22. The Morgan fingerprint density at radius 2 is 1.90 bits per heavy atom. The molecule has 114 valence electrons. The number of nitrogens with zero attached hydrogens (tertiary/aromatic N) is 3. The van der Waals surface area contributed by atoms with Gasteiger partial charge in [0.05, 0.1) is 6.61 Å². The summed E-state index contributed by atoms with van der Waals surface area (Å²) in [5.41, 5.74) is 0. The maximum Gasteiger partial charge on any atom is 0.273 e. The van der Waals surface area contributed by atoms with Gasteiger partial charge >= 0.3 is 0 Å². The number of hydrogen-bond donors (Lipinski definition) is 1. The number of benzene rings is 1. The molecule has 0 fully saturated rings. The monoisotopic (exact) mass is 310 g/mol. The first-order chi connectivity index (χ1) is 9.89. The van der Waals surface area contributed by atoms with E-state index in [1.54, 1.807) is 0 Å². The molecule has 0 bridgehead atoms. The number of ether oxygens (including phenoxy) is 1. The Hall–Kier alpha value is -1.93. The van der Waals surface area contributed by atoms with Crippen LogP contribution in [-0.2, 0) is 16.4 Å². The van der Waals surface area contributed by atoms with Gasteiger partial charge in [-0.2, -0.15) is 0 Å². The molecule has 1 heterocycles. The maximum atomic E-state index is 11.5. The van der Waals surface area contributed by atoms with Gasteiger partial charge in [-0.1, -0.05) is 18.2 Å². The van der Waals surface area contributed by atoms with E-state index in [1.807, 2.05) is 44.2 Å². The van der Waals surface area contributed by atoms with E-state index in [1.165, 1.54) is 4.57 Å². The minimum Gasteiger partial charge on any atom is -0.493 e. The van der Waals surface area contributed by atoms with Gasteiger partial charge in [0.2, 0.25) is 0 Å². The van der Waals surface area contributed by atoms with E-state index in [-0.39, 0.29) is 11.2 Å². The molecule has 2 rings (SSSR count). The highest BCUT2D eigenvalue weighted by atomic mass is 32.2. The summed E-state index contributed by atoms with van der Waals surface area (Å²) in [6, 6.07) is 9.25. The molecular formula is C13H18N4O3S. The standard InChI is InChI=1S/C13H18N4O3S/c1-10(2)17-12(15-16-13(17)21(14,18)19)8-9-20-11-6-4-3-5-7-11/h3-7,10H,8-9H2,1-2H3,(H2,14,18,19). The molecular weight excluding hydrogens is 292 g/mol. The Morgan fingerprint density at radius 1 is 1.24 bits per heavy atom. The largest absolute Gasteiger partial charge is 0.493 e. The number of rotatable bonds is 6. The van der Waals surface area contributed by atoms with Crippen LogP contribution in [-0.4, -0.2) is 29.8 Å². The third-order valence-corrected chi connectivity index (χ3v) is 3.63. The van der Waals surface area contributed by atoms with Gasteiger partial charge in [-0.15, -0.1) is 10.2 Å². The van der Waals surface area contributed by atoms with Gasteiger partial charge in [0.1, 0.15) is 11.6 Å². The summed E-state index contributed by atoms with van der Waals surface area (Å²) < 4.78 is 30.1. The predicted molar refractivity (Wildman–Crippen MR) is 77.4 cm³/mol. The van der Waals surface area contributed by atoms with Gasteiger partial charge in [0.15, 0.2) is 0 Å². The second-order valence-corrected chi connectivity index (χ2v) is 6.27. The van der Waals surface area contributed by atoms with Gasteiger partial charge in [-0.3, -0.25) is 4.57 Å². The third kappa shape index (κ3) is 3.79. The summed E-state index contributed by atoms with van der Waals surface area (Å²) in [6.07, 6.45) is 0.440. The zero-order valence-corrected chi connectivity index (χ0v) is 12.7. The zero-order valence-electron chi connectivity index (χ0n) is 11.9. The molecule has 0 aliphatic carbocycles. The van der Waals surface area contributed by atoms with Crippen LogP contribution < -0.4 is 9.88 Å². The smallest absolute Gasteiger partial charge is 0.273 e. The zero-order chi connectivity index (χ0) is 15.5. The SMILES string of the molecule is CC(C)n1c(CCOc2ccccc2)nnc1S(N)(=O)=O.